The lowest BCUT2D eigenvalue weighted by Crippen LogP contribution is -2.51. The minimum atomic E-state index is -1.04. The molecule has 1 aliphatic rings. The average molecular weight is 311 g/mol. The minimum Gasteiger partial charge on any atom is -0.479 e. The lowest BCUT2D eigenvalue weighted by atomic mass is 10.1. The van der Waals surface area contributed by atoms with Crippen LogP contribution in [-0.4, -0.2) is 47.7 Å². The Balaban J connectivity index is 2.04. The number of nitrogens with zero attached hydrogens (tertiary/aromatic N) is 1. The van der Waals surface area contributed by atoms with E-state index in [0.29, 0.717) is 11.4 Å². The molecule has 7 heteroatoms. The second kappa shape index (κ2) is 7.42. The summed E-state index contributed by atoms with van der Waals surface area (Å²) in [6.45, 7) is 4.28. The molecule has 1 atom stereocenters. The topological polar surface area (TPSA) is 81.7 Å². The van der Waals surface area contributed by atoms with Crippen molar-refractivity contribution in [3.63, 3.8) is 0 Å². The van der Waals surface area contributed by atoms with E-state index in [9.17, 15) is 14.7 Å². The van der Waals surface area contributed by atoms with Crippen LogP contribution < -0.4 is 10.6 Å². The van der Waals surface area contributed by atoms with E-state index in [2.05, 4.69) is 10.6 Å². The van der Waals surface area contributed by atoms with Crippen molar-refractivity contribution in [2.75, 3.05) is 19.6 Å². The average Bonchev–Trinajstić information content (AvgIpc) is 3.00. The van der Waals surface area contributed by atoms with Gasteiger partial charge >= 0.3 is 12.0 Å². The van der Waals surface area contributed by atoms with Crippen LogP contribution in [0.15, 0.2) is 17.5 Å². The Morgan fingerprint density at radius 3 is 2.76 bits per heavy atom. The first-order valence-corrected chi connectivity index (χ1v) is 8.05. The number of rotatable bonds is 5. The van der Waals surface area contributed by atoms with Crippen LogP contribution in [0.5, 0.6) is 0 Å². The number of thiophene rings is 1. The summed E-state index contributed by atoms with van der Waals surface area (Å²) in [5.41, 5.74) is 0. The van der Waals surface area contributed by atoms with Crippen molar-refractivity contribution in [3.05, 3.63) is 22.4 Å². The summed E-state index contributed by atoms with van der Waals surface area (Å²) < 4.78 is 0. The third-order valence-corrected chi connectivity index (χ3v) is 4.63. The van der Waals surface area contributed by atoms with Gasteiger partial charge in [0.15, 0.2) is 6.04 Å². The normalized spacial score (nSPS) is 17.2. The second-order valence-electron chi connectivity index (χ2n) is 5.00. The van der Waals surface area contributed by atoms with Crippen molar-refractivity contribution < 1.29 is 14.7 Å². The van der Waals surface area contributed by atoms with E-state index < -0.39 is 12.0 Å². The zero-order chi connectivity index (χ0) is 15.2. The van der Waals surface area contributed by atoms with Crippen LogP contribution in [0, 0.1) is 0 Å². The Morgan fingerprint density at radius 2 is 2.24 bits per heavy atom. The van der Waals surface area contributed by atoms with E-state index in [0.717, 1.165) is 25.9 Å². The van der Waals surface area contributed by atoms with Gasteiger partial charge in [0.1, 0.15) is 0 Å². The smallest absolute Gasteiger partial charge is 0.331 e. The van der Waals surface area contributed by atoms with Crippen LogP contribution in [0.3, 0.4) is 0 Å². The Morgan fingerprint density at radius 1 is 1.52 bits per heavy atom. The number of carboxylic acid groups (broad SMARTS) is 1. The fraction of sp³-hybridized carbons (Fsp3) is 0.571. The molecule has 116 valence electrons. The first-order valence-electron chi connectivity index (χ1n) is 7.17. The maximum absolute atomic E-state index is 12.4. The van der Waals surface area contributed by atoms with Gasteiger partial charge in [0.2, 0.25) is 0 Å². The number of carbonyl (C=O) groups excluding carboxylic acids is 1. The van der Waals surface area contributed by atoms with E-state index in [-0.39, 0.29) is 12.1 Å². The number of aliphatic carboxylic acids is 1. The molecule has 0 bridgehead atoms. The summed E-state index contributed by atoms with van der Waals surface area (Å²) >= 11 is 1.33. The van der Waals surface area contributed by atoms with E-state index >= 15 is 0 Å². The van der Waals surface area contributed by atoms with Crippen LogP contribution in [0.2, 0.25) is 0 Å². The molecule has 3 N–H and O–H groups in total. The number of urea groups is 1. The highest BCUT2D eigenvalue weighted by Gasteiger charge is 2.29. The van der Waals surface area contributed by atoms with Crippen LogP contribution in [0.1, 0.15) is 30.7 Å². The molecule has 1 fully saturated rings. The number of piperidine rings is 1. The van der Waals surface area contributed by atoms with Crippen molar-refractivity contribution in [2.24, 2.45) is 0 Å². The number of carboxylic acids is 1. The maximum Gasteiger partial charge on any atom is 0.331 e. The first-order chi connectivity index (χ1) is 10.1. The standard InChI is InChI=1S/C14H21N3O3S/c1-2-17(10-5-7-15-8-6-10)14(20)16-12(13(18)19)11-4-3-9-21-11/h3-4,9-10,12,15H,2,5-8H2,1H3,(H,16,20)(H,18,19). The number of hydrogen-bond acceptors (Lipinski definition) is 4. The quantitative estimate of drug-likeness (QED) is 0.772. The van der Waals surface area contributed by atoms with Crippen LogP contribution >= 0.6 is 11.3 Å². The summed E-state index contributed by atoms with van der Waals surface area (Å²) in [5, 5.41) is 17.0. The molecule has 1 aromatic rings. The number of nitrogens with one attached hydrogen (secondary N) is 2. The predicted molar refractivity (Wildman–Crippen MR) is 81.5 cm³/mol. The van der Waals surface area contributed by atoms with Crippen molar-refractivity contribution in [1.29, 1.82) is 0 Å². The Kier molecular flexibility index (Phi) is 5.58. The summed E-state index contributed by atoms with van der Waals surface area (Å²) in [6, 6.07) is 2.41. The lowest BCUT2D eigenvalue weighted by molar-refractivity contribution is -0.139. The Bertz CT molecular complexity index is 472. The van der Waals surface area contributed by atoms with Crippen LogP contribution in [0.4, 0.5) is 4.79 Å². The predicted octanol–water partition coefficient (Wildman–Crippen LogP) is 1.66. The van der Waals surface area contributed by atoms with Crippen molar-refractivity contribution in [1.82, 2.24) is 15.5 Å². The van der Waals surface area contributed by atoms with Gasteiger partial charge in [-0.25, -0.2) is 9.59 Å². The molecule has 2 rings (SSSR count). The van der Waals surface area contributed by atoms with Gasteiger partial charge < -0.3 is 20.6 Å². The van der Waals surface area contributed by atoms with Crippen molar-refractivity contribution >= 4 is 23.3 Å². The number of amides is 2. The summed E-state index contributed by atoms with van der Waals surface area (Å²) in [5.74, 6) is -1.04. The molecule has 1 saturated heterocycles. The van der Waals surface area contributed by atoms with Crippen LogP contribution in [0.25, 0.3) is 0 Å². The molecule has 2 amide bonds. The molecule has 0 saturated carbocycles. The van der Waals surface area contributed by atoms with Gasteiger partial charge in [-0.1, -0.05) is 6.07 Å². The largest absolute Gasteiger partial charge is 0.479 e. The van der Waals surface area contributed by atoms with E-state index in [1.165, 1.54) is 11.3 Å². The minimum absolute atomic E-state index is 0.175. The van der Waals surface area contributed by atoms with E-state index in [1.54, 1.807) is 17.0 Å². The molecule has 1 unspecified atom stereocenters. The monoisotopic (exact) mass is 311 g/mol. The third kappa shape index (κ3) is 3.95. The third-order valence-electron chi connectivity index (χ3n) is 3.69. The van der Waals surface area contributed by atoms with Gasteiger partial charge in [0, 0.05) is 17.5 Å². The zero-order valence-electron chi connectivity index (χ0n) is 12.0. The first kappa shape index (κ1) is 15.8. The summed E-state index contributed by atoms with van der Waals surface area (Å²) in [6.07, 6.45) is 1.80. The Labute approximate surface area is 128 Å². The van der Waals surface area contributed by atoms with Crippen molar-refractivity contribution in [3.8, 4) is 0 Å². The molecular formula is C14H21N3O3S. The zero-order valence-corrected chi connectivity index (χ0v) is 12.9. The van der Waals surface area contributed by atoms with Crippen molar-refractivity contribution in [2.45, 2.75) is 31.8 Å². The van der Waals surface area contributed by atoms with Gasteiger partial charge in [-0.05, 0) is 44.3 Å². The van der Waals surface area contributed by atoms with E-state index in [1.807, 2.05) is 12.3 Å². The highest BCUT2D eigenvalue weighted by Crippen LogP contribution is 2.20. The van der Waals surface area contributed by atoms with Gasteiger partial charge in [-0.15, -0.1) is 11.3 Å². The SMILES string of the molecule is CCN(C(=O)NC(C(=O)O)c1cccs1)C1CCNCC1. The van der Waals surface area contributed by atoms with Gasteiger partial charge in [-0.2, -0.15) is 0 Å². The molecule has 21 heavy (non-hydrogen) atoms. The van der Waals surface area contributed by atoms with Gasteiger partial charge in [-0.3, -0.25) is 0 Å². The van der Waals surface area contributed by atoms with E-state index in [4.69, 9.17) is 0 Å². The molecule has 0 spiro atoms. The molecule has 6 nitrogen and oxygen atoms in total. The summed E-state index contributed by atoms with van der Waals surface area (Å²) in [4.78, 5) is 26.2. The molecule has 1 aromatic heterocycles. The van der Waals surface area contributed by atoms with Gasteiger partial charge in [0.25, 0.3) is 0 Å². The molecule has 0 radical (unpaired) electrons. The van der Waals surface area contributed by atoms with Gasteiger partial charge in [0.05, 0.1) is 0 Å². The van der Waals surface area contributed by atoms with Crippen LogP contribution in [-0.2, 0) is 4.79 Å². The molecule has 0 aromatic carbocycles. The fourth-order valence-corrected chi connectivity index (χ4v) is 3.37. The molecular weight excluding hydrogens is 290 g/mol. The molecule has 2 heterocycles. The summed E-state index contributed by atoms with van der Waals surface area (Å²) in [7, 11) is 0. The fourth-order valence-electron chi connectivity index (χ4n) is 2.60. The second-order valence-corrected chi connectivity index (χ2v) is 5.98. The highest BCUT2D eigenvalue weighted by atomic mass is 32.1. The number of hydrogen-bond donors (Lipinski definition) is 3. The lowest BCUT2D eigenvalue weighted by Gasteiger charge is -2.34. The maximum atomic E-state index is 12.4. The molecule has 0 aliphatic carbocycles. The number of carbonyl (C=O) groups is 2. The molecule has 1 aliphatic heterocycles. The highest BCUT2D eigenvalue weighted by molar-refractivity contribution is 7.10. The Hall–Kier alpha value is -1.60.